The molecule has 1 saturated heterocycles. The van der Waals surface area contributed by atoms with Gasteiger partial charge in [-0.1, -0.05) is 29.3 Å². The summed E-state index contributed by atoms with van der Waals surface area (Å²) in [6.45, 7) is 2.66. The molecule has 1 N–H and O–H groups in total. The molecule has 1 aliphatic heterocycles. The maximum Gasteiger partial charge on any atom is 0.335 e. The summed E-state index contributed by atoms with van der Waals surface area (Å²) < 4.78 is 11.7. The number of ether oxygens (including phenoxy) is 2. The molecule has 1 aliphatic rings. The van der Waals surface area contributed by atoms with Gasteiger partial charge in [0.2, 0.25) is 0 Å². The maximum atomic E-state index is 13.0. The fraction of sp³-hybridized carbons (Fsp3) is 0.227. The average Bonchev–Trinajstić information content (AvgIpc) is 2.72. The van der Waals surface area contributed by atoms with Gasteiger partial charge in [-0.3, -0.25) is 14.9 Å². The van der Waals surface area contributed by atoms with Gasteiger partial charge in [0.05, 0.1) is 19.4 Å². The van der Waals surface area contributed by atoms with Gasteiger partial charge in [0.15, 0.2) is 0 Å². The summed E-state index contributed by atoms with van der Waals surface area (Å²) in [5.74, 6) is -0.348. The van der Waals surface area contributed by atoms with E-state index in [9.17, 15) is 14.4 Å². The standard InChI is InChI=1S/C22H21BrN2O5/c1-3-4-11-30-17-8-6-16(7-9-17)25-21(27)18(20(26)24-22(25)28)13-14-12-15(23)5-10-19(14)29-2/h5-10,12-13H,3-4,11H2,1-2H3,(H,24,26,28)/b18-13-. The Morgan fingerprint density at radius 2 is 1.83 bits per heavy atom. The topological polar surface area (TPSA) is 84.9 Å². The van der Waals surface area contributed by atoms with E-state index in [2.05, 4.69) is 28.2 Å². The number of nitrogens with zero attached hydrogens (tertiary/aromatic N) is 1. The number of benzene rings is 2. The Bertz CT molecular complexity index is 1000. The Morgan fingerprint density at radius 3 is 2.50 bits per heavy atom. The molecule has 4 amide bonds. The molecular weight excluding hydrogens is 452 g/mol. The van der Waals surface area contributed by atoms with Gasteiger partial charge in [-0.2, -0.15) is 0 Å². The van der Waals surface area contributed by atoms with Crippen LogP contribution in [-0.4, -0.2) is 31.6 Å². The number of imide groups is 2. The van der Waals surface area contributed by atoms with Crippen molar-refractivity contribution >= 4 is 45.5 Å². The molecule has 0 aliphatic carbocycles. The lowest BCUT2D eigenvalue weighted by molar-refractivity contribution is -0.122. The van der Waals surface area contributed by atoms with Crippen molar-refractivity contribution in [2.75, 3.05) is 18.6 Å². The minimum Gasteiger partial charge on any atom is -0.496 e. The SMILES string of the molecule is CCCCOc1ccc(N2C(=O)NC(=O)/C(=C/c3cc(Br)ccc3OC)C2=O)cc1. The largest absolute Gasteiger partial charge is 0.496 e. The number of hydrogen-bond donors (Lipinski definition) is 1. The van der Waals surface area contributed by atoms with E-state index in [1.165, 1.54) is 13.2 Å². The number of urea groups is 1. The number of nitrogens with one attached hydrogen (secondary N) is 1. The van der Waals surface area contributed by atoms with Gasteiger partial charge < -0.3 is 9.47 Å². The summed E-state index contributed by atoms with van der Waals surface area (Å²) in [7, 11) is 1.49. The minimum atomic E-state index is -0.803. The Morgan fingerprint density at radius 1 is 1.10 bits per heavy atom. The second-order valence-electron chi connectivity index (χ2n) is 6.54. The van der Waals surface area contributed by atoms with Crippen molar-refractivity contribution in [2.45, 2.75) is 19.8 Å². The molecule has 2 aromatic rings. The van der Waals surface area contributed by atoms with Gasteiger partial charge in [0.25, 0.3) is 11.8 Å². The number of methoxy groups -OCH3 is 1. The molecule has 3 rings (SSSR count). The van der Waals surface area contributed by atoms with Crippen LogP contribution in [0.2, 0.25) is 0 Å². The van der Waals surface area contributed by atoms with Crippen molar-refractivity contribution in [1.82, 2.24) is 5.32 Å². The lowest BCUT2D eigenvalue weighted by Crippen LogP contribution is -2.54. The second-order valence-corrected chi connectivity index (χ2v) is 7.46. The van der Waals surface area contributed by atoms with Gasteiger partial charge in [0, 0.05) is 10.0 Å². The van der Waals surface area contributed by atoms with E-state index in [0.29, 0.717) is 29.4 Å². The summed E-state index contributed by atoms with van der Waals surface area (Å²) >= 11 is 3.36. The molecule has 0 unspecified atom stereocenters. The van der Waals surface area contributed by atoms with Gasteiger partial charge in [-0.15, -0.1) is 0 Å². The van der Waals surface area contributed by atoms with Crippen LogP contribution in [0.3, 0.4) is 0 Å². The van der Waals surface area contributed by atoms with Crippen molar-refractivity contribution in [3.8, 4) is 11.5 Å². The number of barbiturate groups is 1. The number of amides is 4. The van der Waals surface area contributed by atoms with Crippen LogP contribution in [0.5, 0.6) is 11.5 Å². The summed E-state index contributed by atoms with van der Waals surface area (Å²) in [5.41, 5.74) is 0.688. The van der Waals surface area contributed by atoms with Gasteiger partial charge >= 0.3 is 6.03 Å². The Labute approximate surface area is 182 Å². The van der Waals surface area contributed by atoms with Crippen LogP contribution >= 0.6 is 15.9 Å². The van der Waals surface area contributed by atoms with Crippen LogP contribution in [-0.2, 0) is 9.59 Å². The van der Waals surface area contributed by atoms with Crippen molar-refractivity contribution in [1.29, 1.82) is 0 Å². The highest BCUT2D eigenvalue weighted by atomic mass is 79.9. The number of halogens is 1. The van der Waals surface area contributed by atoms with Crippen molar-refractivity contribution < 1.29 is 23.9 Å². The number of carbonyl (C=O) groups excluding carboxylic acids is 3. The lowest BCUT2D eigenvalue weighted by atomic mass is 10.1. The molecule has 1 heterocycles. The monoisotopic (exact) mass is 472 g/mol. The van der Waals surface area contributed by atoms with Crippen LogP contribution in [0.1, 0.15) is 25.3 Å². The molecule has 8 heteroatoms. The zero-order valence-corrected chi connectivity index (χ0v) is 18.2. The van der Waals surface area contributed by atoms with E-state index in [-0.39, 0.29) is 5.57 Å². The van der Waals surface area contributed by atoms with Crippen molar-refractivity contribution in [3.05, 3.63) is 58.1 Å². The normalized spacial score (nSPS) is 15.4. The van der Waals surface area contributed by atoms with E-state index in [4.69, 9.17) is 9.47 Å². The minimum absolute atomic E-state index is 0.172. The first-order valence-electron chi connectivity index (χ1n) is 9.42. The predicted molar refractivity (Wildman–Crippen MR) is 117 cm³/mol. The molecule has 0 spiro atoms. The van der Waals surface area contributed by atoms with E-state index in [0.717, 1.165) is 22.2 Å². The highest BCUT2D eigenvalue weighted by molar-refractivity contribution is 9.10. The first kappa shape index (κ1) is 21.6. The van der Waals surface area contributed by atoms with Crippen LogP contribution in [0, 0.1) is 0 Å². The summed E-state index contributed by atoms with van der Waals surface area (Å²) in [5, 5.41) is 2.21. The summed E-state index contributed by atoms with van der Waals surface area (Å²) in [4.78, 5) is 38.7. The summed E-state index contributed by atoms with van der Waals surface area (Å²) in [6, 6.07) is 11.0. The van der Waals surface area contributed by atoms with Crippen LogP contribution in [0.4, 0.5) is 10.5 Å². The molecule has 0 aromatic heterocycles. The molecule has 0 atom stereocenters. The highest BCUT2D eigenvalue weighted by Crippen LogP contribution is 2.28. The lowest BCUT2D eigenvalue weighted by Gasteiger charge is -2.26. The maximum absolute atomic E-state index is 13.0. The van der Waals surface area contributed by atoms with Crippen molar-refractivity contribution in [2.24, 2.45) is 0 Å². The number of rotatable bonds is 7. The molecule has 0 bridgehead atoms. The van der Waals surface area contributed by atoms with E-state index < -0.39 is 17.8 Å². The van der Waals surface area contributed by atoms with Crippen molar-refractivity contribution in [3.63, 3.8) is 0 Å². The van der Waals surface area contributed by atoms with Crippen LogP contribution in [0.25, 0.3) is 6.08 Å². The van der Waals surface area contributed by atoms with E-state index in [1.54, 1.807) is 42.5 Å². The zero-order valence-electron chi connectivity index (χ0n) is 16.6. The van der Waals surface area contributed by atoms with Gasteiger partial charge in [0.1, 0.15) is 17.1 Å². The molecule has 0 saturated carbocycles. The first-order chi connectivity index (χ1) is 14.4. The molecule has 30 heavy (non-hydrogen) atoms. The fourth-order valence-electron chi connectivity index (χ4n) is 2.89. The third-order valence-corrected chi connectivity index (χ3v) is 4.95. The molecule has 2 aromatic carbocycles. The van der Waals surface area contributed by atoms with E-state index in [1.807, 2.05) is 0 Å². The zero-order chi connectivity index (χ0) is 21.7. The van der Waals surface area contributed by atoms with Crippen LogP contribution < -0.4 is 19.7 Å². The second kappa shape index (κ2) is 9.58. The molecular formula is C22H21BrN2O5. The molecule has 7 nitrogen and oxygen atoms in total. The molecule has 0 radical (unpaired) electrons. The Hall–Kier alpha value is -3.13. The highest BCUT2D eigenvalue weighted by Gasteiger charge is 2.37. The van der Waals surface area contributed by atoms with Crippen LogP contribution in [0.15, 0.2) is 52.5 Å². The molecule has 1 fully saturated rings. The average molecular weight is 473 g/mol. The van der Waals surface area contributed by atoms with E-state index >= 15 is 0 Å². The molecule has 156 valence electrons. The fourth-order valence-corrected chi connectivity index (χ4v) is 3.27. The number of anilines is 1. The Kier molecular flexibility index (Phi) is 6.89. The number of hydrogen-bond acceptors (Lipinski definition) is 5. The summed E-state index contributed by atoms with van der Waals surface area (Å²) in [6.07, 6.45) is 3.36. The number of carbonyl (C=O) groups is 3. The number of unbranched alkanes of at least 4 members (excludes halogenated alkanes) is 1. The smallest absolute Gasteiger partial charge is 0.335 e. The van der Waals surface area contributed by atoms with Gasteiger partial charge in [-0.25, -0.2) is 9.69 Å². The third-order valence-electron chi connectivity index (χ3n) is 4.45. The quantitative estimate of drug-likeness (QED) is 0.368. The van der Waals surface area contributed by atoms with Gasteiger partial charge in [-0.05, 0) is 55.0 Å². The predicted octanol–water partition coefficient (Wildman–Crippen LogP) is 4.30. The first-order valence-corrected chi connectivity index (χ1v) is 10.2. The Balaban J connectivity index is 1.90. The third kappa shape index (κ3) is 4.71.